The Morgan fingerprint density at radius 3 is 2.40 bits per heavy atom. The summed E-state index contributed by atoms with van der Waals surface area (Å²) < 4.78 is 0. The van der Waals surface area contributed by atoms with E-state index in [0.717, 1.165) is 0 Å². The molecule has 15 heavy (non-hydrogen) atoms. The molecule has 0 spiro atoms. The minimum atomic E-state index is 0.473. The van der Waals surface area contributed by atoms with Gasteiger partial charge in [-0.1, -0.05) is 19.8 Å². The third kappa shape index (κ3) is 3.46. The highest BCUT2D eigenvalue weighted by Gasteiger charge is 2.38. The topological polar surface area (TPSA) is 15.3 Å². The van der Waals surface area contributed by atoms with Gasteiger partial charge < -0.3 is 10.2 Å². The van der Waals surface area contributed by atoms with E-state index in [1.807, 2.05) is 0 Å². The van der Waals surface area contributed by atoms with Crippen LogP contribution in [0.25, 0.3) is 0 Å². The van der Waals surface area contributed by atoms with Crippen LogP contribution in [0.5, 0.6) is 0 Å². The Hall–Kier alpha value is -0.0800. The van der Waals surface area contributed by atoms with Crippen molar-refractivity contribution in [2.45, 2.75) is 64.0 Å². The summed E-state index contributed by atoms with van der Waals surface area (Å²) >= 11 is 0. The lowest BCUT2D eigenvalue weighted by molar-refractivity contribution is 0.0573. The first-order chi connectivity index (χ1) is 7.10. The molecular weight excluding hydrogens is 184 g/mol. The van der Waals surface area contributed by atoms with Crippen molar-refractivity contribution in [3.8, 4) is 0 Å². The molecule has 0 aromatic carbocycles. The molecule has 0 saturated heterocycles. The van der Waals surface area contributed by atoms with E-state index in [-0.39, 0.29) is 0 Å². The number of hydrogen-bond donors (Lipinski definition) is 1. The smallest absolute Gasteiger partial charge is 0.0328 e. The van der Waals surface area contributed by atoms with E-state index in [1.165, 1.54) is 45.1 Å². The summed E-state index contributed by atoms with van der Waals surface area (Å²) in [4.78, 5) is 2.41. The second-order valence-electron chi connectivity index (χ2n) is 5.40. The van der Waals surface area contributed by atoms with E-state index in [0.29, 0.717) is 11.6 Å². The molecule has 1 N–H and O–H groups in total. The van der Waals surface area contributed by atoms with Gasteiger partial charge in [0.2, 0.25) is 0 Å². The molecular formula is C13H28N2. The van der Waals surface area contributed by atoms with Crippen LogP contribution in [0.4, 0.5) is 0 Å². The van der Waals surface area contributed by atoms with Crippen molar-refractivity contribution in [3.05, 3.63) is 0 Å². The van der Waals surface area contributed by atoms with Crippen molar-refractivity contribution in [2.75, 3.05) is 20.6 Å². The fourth-order valence-electron chi connectivity index (χ4n) is 2.34. The average molecular weight is 212 g/mol. The van der Waals surface area contributed by atoms with Gasteiger partial charge in [0.05, 0.1) is 0 Å². The van der Waals surface area contributed by atoms with E-state index in [9.17, 15) is 0 Å². The minimum Gasteiger partial charge on any atom is -0.312 e. The van der Waals surface area contributed by atoms with E-state index < -0.39 is 0 Å². The standard InChI is InChI=1S/C13H28N2/c1-5-6-8-12(2)14-11-13(15(3)4)9-7-10-13/h12,14H,5-11H2,1-4H3. The largest absolute Gasteiger partial charge is 0.312 e. The van der Waals surface area contributed by atoms with Gasteiger partial charge in [-0.05, 0) is 46.7 Å². The highest BCUT2D eigenvalue weighted by molar-refractivity contribution is 4.97. The minimum absolute atomic E-state index is 0.473. The highest BCUT2D eigenvalue weighted by atomic mass is 15.2. The van der Waals surface area contributed by atoms with Gasteiger partial charge in [-0.2, -0.15) is 0 Å². The second kappa shape index (κ2) is 5.86. The molecule has 0 aliphatic heterocycles. The van der Waals surface area contributed by atoms with E-state index in [1.54, 1.807) is 0 Å². The zero-order chi connectivity index (χ0) is 11.3. The van der Waals surface area contributed by atoms with Crippen LogP contribution in [-0.2, 0) is 0 Å². The summed E-state index contributed by atoms with van der Waals surface area (Å²) in [7, 11) is 4.44. The maximum absolute atomic E-state index is 3.70. The predicted octanol–water partition coefficient (Wildman–Crippen LogP) is 2.64. The van der Waals surface area contributed by atoms with Crippen molar-refractivity contribution in [3.63, 3.8) is 0 Å². The van der Waals surface area contributed by atoms with Gasteiger partial charge in [0.25, 0.3) is 0 Å². The van der Waals surface area contributed by atoms with Gasteiger partial charge in [-0.25, -0.2) is 0 Å². The fraction of sp³-hybridized carbons (Fsp3) is 1.00. The first-order valence-electron chi connectivity index (χ1n) is 6.51. The fourth-order valence-corrected chi connectivity index (χ4v) is 2.34. The van der Waals surface area contributed by atoms with Crippen LogP contribution in [0, 0.1) is 0 Å². The van der Waals surface area contributed by atoms with Crippen LogP contribution in [0.15, 0.2) is 0 Å². The number of nitrogens with zero attached hydrogens (tertiary/aromatic N) is 1. The molecule has 0 heterocycles. The third-order valence-corrected chi connectivity index (χ3v) is 4.00. The van der Waals surface area contributed by atoms with E-state index >= 15 is 0 Å². The van der Waals surface area contributed by atoms with Crippen LogP contribution in [0.1, 0.15) is 52.4 Å². The molecule has 0 radical (unpaired) electrons. The van der Waals surface area contributed by atoms with Gasteiger partial charge in [0, 0.05) is 18.1 Å². The summed E-state index contributed by atoms with van der Waals surface area (Å²) in [6.45, 7) is 5.75. The van der Waals surface area contributed by atoms with E-state index in [2.05, 4.69) is 38.2 Å². The lowest BCUT2D eigenvalue weighted by atomic mass is 9.75. The Kier molecular flexibility index (Phi) is 5.07. The van der Waals surface area contributed by atoms with Crippen molar-refractivity contribution in [1.82, 2.24) is 10.2 Å². The van der Waals surface area contributed by atoms with Crippen molar-refractivity contribution in [1.29, 1.82) is 0 Å². The maximum atomic E-state index is 3.70. The molecule has 1 unspecified atom stereocenters. The van der Waals surface area contributed by atoms with Crippen LogP contribution >= 0.6 is 0 Å². The molecule has 1 rings (SSSR count). The Morgan fingerprint density at radius 1 is 1.33 bits per heavy atom. The third-order valence-electron chi connectivity index (χ3n) is 4.00. The quantitative estimate of drug-likeness (QED) is 0.698. The summed E-state index contributed by atoms with van der Waals surface area (Å²) in [5.41, 5.74) is 0.473. The second-order valence-corrected chi connectivity index (χ2v) is 5.40. The molecule has 1 saturated carbocycles. The molecule has 0 aromatic heterocycles. The Bertz CT molecular complexity index is 173. The molecule has 0 aromatic rings. The normalized spacial score (nSPS) is 21.4. The first-order valence-corrected chi connectivity index (χ1v) is 6.51. The van der Waals surface area contributed by atoms with Gasteiger partial charge in [-0.3, -0.25) is 0 Å². The van der Waals surface area contributed by atoms with Gasteiger partial charge in [0.1, 0.15) is 0 Å². The van der Waals surface area contributed by atoms with Gasteiger partial charge in [-0.15, -0.1) is 0 Å². The van der Waals surface area contributed by atoms with Crippen LogP contribution < -0.4 is 5.32 Å². The van der Waals surface area contributed by atoms with Crippen molar-refractivity contribution < 1.29 is 0 Å². The maximum Gasteiger partial charge on any atom is 0.0328 e. The number of nitrogens with one attached hydrogen (secondary N) is 1. The molecule has 1 aliphatic rings. The molecule has 1 atom stereocenters. The average Bonchev–Trinajstić information content (AvgIpc) is 2.12. The first kappa shape index (κ1) is 13.0. The summed E-state index contributed by atoms with van der Waals surface area (Å²) in [5.74, 6) is 0. The predicted molar refractivity (Wildman–Crippen MR) is 67.3 cm³/mol. The summed E-state index contributed by atoms with van der Waals surface area (Å²) in [5, 5.41) is 3.70. The number of likely N-dealkylation sites (N-methyl/N-ethyl adjacent to an activating group) is 1. The zero-order valence-electron chi connectivity index (χ0n) is 11.0. The molecule has 90 valence electrons. The Labute approximate surface area is 95.4 Å². The molecule has 1 aliphatic carbocycles. The molecule has 2 nitrogen and oxygen atoms in total. The zero-order valence-corrected chi connectivity index (χ0v) is 11.0. The van der Waals surface area contributed by atoms with Crippen LogP contribution in [0.2, 0.25) is 0 Å². The summed E-state index contributed by atoms with van der Waals surface area (Å²) in [6, 6.07) is 0.683. The Morgan fingerprint density at radius 2 is 2.00 bits per heavy atom. The monoisotopic (exact) mass is 212 g/mol. The van der Waals surface area contributed by atoms with Gasteiger partial charge >= 0.3 is 0 Å². The number of rotatable bonds is 7. The Balaban J connectivity index is 2.22. The molecule has 0 amide bonds. The molecule has 0 bridgehead atoms. The lowest BCUT2D eigenvalue weighted by Gasteiger charge is -2.48. The van der Waals surface area contributed by atoms with Crippen molar-refractivity contribution >= 4 is 0 Å². The molecule has 2 heteroatoms. The summed E-state index contributed by atoms with van der Waals surface area (Å²) in [6.07, 6.45) is 8.12. The van der Waals surface area contributed by atoms with Gasteiger partial charge in [0.15, 0.2) is 0 Å². The lowest BCUT2D eigenvalue weighted by Crippen LogP contribution is -2.57. The van der Waals surface area contributed by atoms with Crippen molar-refractivity contribution in [2.24, 2.45) is 0 Å². The SMILES string of the molecule is CCCCC(C)NCC1(N(C)C)CCC1. The molecule has 1 fully saturated rings. The van der Waals surface area contributed by atoms with E-state index in [4.69, 9.17) is 0 Å². The van der Waals surface area contributed by atoms with Crippen LogP contribution in [-0.4, -0.2) is 37.1 Å². The highest BCUT2D eigenvalue weighted by Crippen LogP contribution is 2.35. The number of unbranched alkanes of at least 4 members (excludes halogenated alkanes) is 1. The van der Waals surface area contributed by atoms with Crippen LogP contribution in [0.3, 0.4) is 0 Å². The number of hydrogen-bond acceptors (Lipinski definition) is 2.